The number of rotatable bonds is 11. The minimum absolute atomic E-state index is 0.0420. The first-order valence-corrected chi connectivity index (χ1v) is 18.6. The molecule has 2 saturated heterocycles. The van der Waals surface area contributed by atoms with Crippen LogP contribution in [0.1, 0.15) is 72.8 Å². The Balaban J connectivity index is 0.924. The molecule has 0 aliphatic carbocycles. The molecule has 4 heterocycles. The van der Waals surface area contributed by atoms with E-state index in [1.807, 2.05) is 82.9 Å². The molecule has 6 aromatic rings. The molecule has 4 atom stereocenters. The number of aromatic nitrogens is 4. The maximum absolute atomic E-state index is 13.6. The monoisotopic (exact) mass is 720 g/mol. The third kappa shape index (κ3) is 6.98. The van der Waals surface area contributed by atoms with Crippen molar-refractivity contribution >= 4 is 11.8 Å². The molecule has 2 aliphatic rings. The summed E-state index contributed by atoms with van der Waals surface area (Å²) in [7, 11) is 3.17. The second-order valence-corrected chi connectivity index (χ2v) is 14.0. The highest BCUT2D eigenvalue weighted by Gasteiger charge is 2.37. The van der Waals surface area contributed by atoms with Gasteiger partial charge >= 0.3 is 0 Å². The molecule has 2 unspecified atom stereocenters. The van der Waals surface area contributed by atoms with Crippen LogP contribution in [0, 0.1) is 0 Å². The number of amides is 2. The summed E-state index contributed by atoms with van der Waals surface area (Å²) in [4.78, 5) is 47.5. The van der Waals surface area contributed by atoms with Crippen LogP contribution in [-0.4, -0.2) is 68.9 Å². The van der Waals surface area contributed by atoms with E-state index in [1.165, 1.54) is 0 Å². The minimum Gasteiger partial charge on any atom is -0.367 e. The number of ether oxygens (including phenoxy) is 2. The smallest absolute Gasteiger partial charge is 0.256 e. The van der Waals surface area contributed by atoms with E-state index in [4.69, 9.17) is 19.4 Å². The number of carbonyl (C=O) groups excluding carboxylic acids is 2. The first-order chi connectivity index (χ1) is 26.5. The van der Waals surface area contributed by atoms with Gasteiger partial charge in [-0.05, 0) is 59.1 Å². The molecule has 10 nitrogen and oxygen atoms in total. The van der Waals surface area contributed by atoms with Gasteiger partial charge in [-0.1, -0.05) is 109 Å². The third-order valence-electron chi connectivity index (χ3n) is 10.7. The van der Waals surface area contributed by atoms with E-state index in [0.29, 0.717) is 13.1 Å². The molecule has 2 aliphatic heterocycles. The van der Waals surface area contributed by atoms with Crippen LogP contribution >= 0.6 is 0 Å². The molecule has 2 amide bonds. The van der Waals surface area contributed by atoms with E-state index >= 15 is 0 Å². The van der Waals surface area contributed by atoms with Gasteiger partial charge in [-0.2, -0.15) is 0 Å². The summed E-state index contributed by atoms with van der Waals surface area (Å²) in [6, 6.07) is 35.8. The van der Waals surface area contributed by atoms with Crippen LogP contribution in [0.4, 0.5) is 0 Å². The maximum Gasteiger partial charge on any atom is 0.256 e. The molecule has 0 bridgehead atoms. The van der Waals surface area contributed by atoms with Gasteiger partial charge in [0.1, 0.15) is 11.6 Å². The lowest BCUT2D eigenvalue weighted by Gasteiger charge is -2.27. The summed E-state index contributed by atoms with van der Waals surface area (Å²) in [5, 5.41) is 0. The van der Waals surface area contributed by atoms with E-state index in [-0.39, 0.29) is 23.9 Å². The van der Waals surface area contributed by atoms with Crippen molar-refractivity contribution in [1.82, 2.24) is 29.7 Å². The zero-order valence-corrected chi connectivity index (χ0v) is 30.5. The van der Waals surface area contributed by atoms with E-state index in [2.05, 4.69) is 58.5 Å². The number of hydrogen-bond acceptors (Lipinski definition) is 6. The van der Waals surface area contributed by atoms with Crippen LogP contribution in [0.25, 0.3) is 33.6 Å². The minimum atomic E-state index is -0.644. The van der Waals surface area contributed by atoms with Crippen molar-refractivity contribution in [2.75, 3.05) is 27.3 Å². The Labute approximate surface area is 315 Å². The molecule has 0 saturated carbocycles. The molecule has 0 radical (unpaired) electrons. The van der Waals surface area contributed by atoms with Crippen molar-refractivity contribution in [2.24, 2.45) is 0 Å². The highest BCUT2D eigenvalue weighted by molar-refractivity contribution is 5.84. The van der Waals surface area contributed by atoms with Gasteiger partial charge in [-0.25, -0.2) is 9.97 Å². The van der Waals surface area contributed by atoms with E-state index in [9.17, 15) is 9.59 Å². The molecule has 54 heavy (non-hydrogen) atoms. The number of carbonyl (C=O) groups is 2. The van der Waals surface area contributed by atoms with Gasteiger partial charge in [0.05, 0.1) is 35.9 Å². The normalized spacial score (nSPS) is 18.2. The predicted octanol–water partition coefficient (Wildman–Crippen LogP) is 8.24. The maximum atomic E-state index is 13.6. The van der Waals surface area contributed by atoms with Gasteiger partial charge in [-0.3, -0.25) is 9.59 Å². The van der Waals surface area contributed by atoms with Crippen LogP contribution < -0.4 is 0 Å². The summed E-state index contributed by atoms with van der Waals surface area (Å²) >= 11 is 0. The summed E-state index contributed by atoms with van der Waals surface area (Å²) in [5.74, 6) is 1.50. The van der Waals surface area contributed by atoms with Gasteiger partial charge in [0.25, 0.3) is 11.8 Å². The SMILES string of the molecule is CO[C@H](C(=O)N1CCCC1c1ncc(-c2ccc(-c3ccc(-c4cnc(C5CCCN5C(=O)[C@@H](OC)c5ccccc5)[nH]4)cc3)cc2)[nH]1)c1ccccc1. The summed E-state index contributed by atoms with van der Waals surface area (Å²) in [6.45, 7) is 1.34. The number of H-pyrrole nitrogens is 2. The Hall–Kier alpha value is -5.84. The number of benzene rings is 4. The zero-order valence-electron chi connectivity index (χ0n) is 30.5. The highest BCUT2D eigenvalue weighted by Crippen LogP contribution is 2.37. The molecule has 0 spiro atoms. The van der Waals surface area contributed by atoms with E-state index < -0.39 is 12.2 Å². The van der Waals surface area contributed by atoms with Gasteiger partial charge in [0, 0.05) is 27.3 Å². The molecule has 2 N–H and O–H groups in total. The Bertz CT molecular complexity index is 2020. The second-order valence-electron chi connectivity index (χ2n) is 14.0. The Morgan fingerprint density at radius 3 is 1.31 bits per heavy atom. The van der Waals surface area contributed by atoms with Gasteiger partial charge in [-0.15, -0.1) is 0 Å². The number of nitrogens with zero attached hydrogens (tertiary/aromatic N) is 4. The van der Waals surface area contributed by atoms with Crippen LogP contribution in [0.15, 0.2) is 122 Å². The van der Waals surface area contributed by atoms with Crippen molar-refractivity contribution in [2.45, 2.75) is 50.0 Å². The average molecular weight is 721 g/mol. The number of aromatic amines is 2. The molecule has 8 rings (SSSR count). The third-order valence-corrected chi connectivity index (χ3v) is 10.7. The Morgan fingerprint density at radius 2 is 0.944 bits per heavy atom. The van der Waals surface area contributed by atoms with Crippen LogP contribution in [0.2, 0.25) is 0 Å². The predicted molar refractivity (Wildman–Crippen MR) is 207 cm³/mol. The first kappa shape index (κ1) is 35.2. The Morgan fingerprint density at radius 1 is 0.574 bits per heavy atom. The number of nitrogens with one attached hydrogen (secondary N) is 2. The topological polar surface area (TPSA) is 116 Å². The number of imidazole rings is 2. The van der Waals surface area contributed by atoms with Gasteiger partial charge in [0.15, 0.2) is 12.2 Å². The fourth-order valence-electron chi connectivity index (χ4n) is 7.94. The lowest BCUT2D eigenvalue weighted by Crippen LogP contribution is -2.35. The molecule has 2 aromatic heterocycles. The van der Waals surface area contributed by atoms with Gasteiger partial charge in [0.2, 0.25) is 0 Å². The zero-order chi connectivity index (χ0) is 37.0. The van der Waals surface area contributed by atoms with Crippen molar-refractivity contribution < 1.29 is 19.1 Å². The van der Waals surface area contributed by atoms with E-state index in [1.54, 1.807) is 14.2 Å². The molecule has 2 fully saturated rings. The summed E-state index contributed by atoms with van der Waals surface area (Å²) in [6.07, 6.45) is 5.94. The second kappa shape index (κ2) is 15.6. The lowest BCUT2D eigenvalue weighted by molar-refractivity contribution is -0.144. The van der Waals surface area contributed by atoms with Crippen LogP contribution in [0.3, 0.4) is 0 Å². The van der Waals surface area contributed by atoms with E-state index in [0.717, 1.165) is 82.1 Å². The molecule has 274 valence electrons. The number of hydrogen-bond donors (Lipinski definition) is 2. The standard InChI is InChI=1S/C44H44N6O4/c1-53-39(33-11-5-3-6-12-33)43(51)49-25-9-15-37(49)41-45-27-35(47-41)31-21-17-29(18-22-31)30-19-23-32(24-20-30)36-28-46-42(48-36)38-16-10-26-50(38)44(52)40(54-2)34-13-7-4-8-14-34/h3-8,11-14,17-24,27-28,37-40H,9-10,15-16,25-26H2,1-2H3,(H,45,47)(H,46,48)/t37?,38?,39-,40-/m0/s1. The molecule has 10 heteroatoms. The quantitative estimate of drug-likeness (QED) is 0.139. The van der Waals surface area contributed by atoms with Crippen LogP contribution in [-0.2, 0) is 19.1 Å². The molecular weight excluding hydrogens is 677 g/mol. The Kier molecular flexibility index (Phi) is 10.2. The van der Waals surface area contributed by atoms with Gasteiger partial charge < -0.3 is 29.2 Å². The van der Waals surface area contributed by atoms with Crippen molar-refractivity contribution in [1.29, 1.82) is 0 Å². The molecular formula is C44H44N6O4. The van der Waals surface area contributed by atoms with Crippen LogP contribution in [0.5, 0.6) is 0 Å². The summed E-state index contributed by atoms with van der Waals surface area (Å²) in [5.41, 5.74) is 7.76. The first-order valence-electron chi connectivity index (χ1n) is 18.6. The lowest BCUT2D eigenvalue weighted by atomic mass is 10.0. The highest BCUT2D eigenvalue weighted by atomic mass is 16.5. The summed E-state index contributed by atoms with van der Waals surface area (Å²) < 4.78 is 11.3. The largest absolute Gasteiger partial charge is 0.367 e. The number of likely N-dealkylation sites (tertiary alicyclic amines) is 2. The van der Waals surface area contributed by atoms with Crippen molar-refractivity contribution in [3.63, 3.8) is 0 Å². The molecule has 4 aromatic carbocycles. The fourth-order valence-corrected chi connectivity index (χ4v) is 7.94. The number of methoxy groups -OCH3 is 2. The van der Waals surface area contributed by atoms with Crippen molar-refractivity contribution in [3.8, 4) is 33.6 Å². The van der Waals surface area contributed by atoms with Crippen molar-refractivity contribution in [3.05, 3.63) is 144 Å². The average Bonchev–Trinajstić information content (AvgIpc) is 4.07. The fraction of sp³-hybridized carbons (Fsp3) is 0.273.